The number of thiol groups is 1. The molecule has 1 aliphatic rings. The maximum atomic E-state index is 4.35. The van der Waals surface area contributed by atoms with Gasteiger partial charge < -0.3 is 4.90 Å². The van der Waals surface area contributed by atoms with E-state index in [0.29, 0.717) is 0 Å². The fourth-order valence-corrected chi connectivity index (χ4v) is 1.33. The van der Waals surface area contributed by atoms with Gasteiger partial charge in [0, 0.05) is 13.1 Å². The minimum Gasteiger partial charge on any atom is -0.301 e. The molecule has 0 spiro atoms. The highest BCUT2D eigenvalue weighted by molar-refractivity contribution is 7.84. The number of hydrogen-bond acceptors (Lipinski definition) is 2. The molecule has 0 unspecified atom stereocenters. The lowest BCUT2D eigenvalue weighted by molar-refractivity contribution is 0.356. The Morgan fingerprint density at radius 2 is 2.22 bits per heavy atom. The fraction of sp³-hybridized carbons (Fsp3) is 0.714. The molecule has 0 fully saturated rings. The monoisotopic (exact) mass is 143 g/mol. The van der Waals surface area contributed by atoms with E-state index in [4.69, 9.17) is 0 Å². The van der Waals surface area contributed by atoms with Gasteiger partial charge in [0.25, 0.3) is 0 Å². The molecular weight excluding hydrogens is 130 g/mol. The van der Waals surface area contributed by atoms with Crippen molar-refractivity contribution in [2.24, 2.45) is 0 Å². The minimum atomic E-state index is 1.04. The first-order valence-corrected chi connectivity index (χ1v) is 3.71. The van der Waals surface area contributed by atoms with Crippen LogP contribution < -0.4 is 0 Å². The minimum absolute atomic E-state index is 1.04. The molecule has 0 aromatic rings. The van der Waals surface area contributed by atoms with Crippen molar-refractivity contribution in [3.63, 3.8) is 0 Å². The molecule has 0 aromatic carbocycles. The van der Waals surface area contributed by atoms with Crippen LogP contribution in [0.3, 0.4) is 0 Å². The Kier molecular flexibility index (Phi) is 2.19. The Morgan fingerprint density at radius 1 is 1.56 bits per heavy atom. The van der Waals surface area contributed by atoms with Gasteiger partial charge in [0.15, 0.2) is 0 Å². The Hall–Kier alpha value is 0.0500. The molecule has 0 N–H and O–H groups in total. The van der Waals surface area contributed by atoms with Crippen LogP contribution in [0.4, 0.5) is 0 Å². The van der Waals surface area contributed by atoms with Crippen molar-refractivity contribution in [2.75, 3.05) is 20.1 Å². The lowest BCUT2D eigenvalue weighted by atomic mass is 10.1. The second kappa shape index (κ2) is 2.76. The molecular formula is C7H13NS. The van der Waals surface area contributed by atoms with E-state index in [1.165, 1.54) is 23.4 Å². The molecule has 1 nitrogen and oxygen atoms in total. The van der Waals surface area contributed by atoms with Crippen LogP contribution >= 0.6 is 12.6 Å². The predicted octanol–water partition coefficient (Wildman–Crippen LogP) is 1.53. The van der Waals surface area contributed by atoms with Gasteiger partial charge in [-0.25, -0.2) is 0 Å². The molecule has 1 heterocycles. The molecule has 0 atom stereocenters. The largest absolute Gasteiger partial charge is 0.301 e. The van der Waals surface area contributed by atoms with Crippen molar-refractivity contribution < 1.29 is 0 Å². The van der Waals surface area contributed by atoms with Crippen LogP contribution in [0.15, 0.2) is 10.5 Å². The van der Waals surface area contributed by atoms with Gasteiger partial charge in [0.2, 0.25) is 0 Å². The topological polar surface area (TPSA) is 3.24 Å². The molecule has 1 rings (SSSR count). The highest BCUT2D eigenvalue weighted by atomic mass is 32.1. The van der Waals surface area contributed by atoms with Crippen molar-refractivity contribution in [1.82, 2.24) is 4.90 Å². The zero-order chi connectivity index (χ0) is 6.85. The zero-order valence-corrected chi connectivity index (χ0v) is 6.91. The van der Waals surface area contributed by atoms with Gasteiger partial charge in [-0.1, -0.05) is 5.57 Å². The first kappa shape index (κ1) is 7.16. The summed E-state index contributed by atoms with van der Waals surface area (Å²) in [5.41, 5.74) is 1.46. The first-order valence-electron chi connectivity index (χ1n) is 3.26. The van der Waals surface area contributed by atoms with E-state index >= 15 is 0 Å². The molecule has 0 amide bonds. The van der Waals surface area contributed by atoms with Crippen LogP contribution in [-0.2, 0) is 0 Å². The summed E-state index contributed by atoms with van der Waals surface area (Å²) in [6, 6.07) is 0. The predicted molar refractivity (Wildman–Crippen MR) is 43.8 cm³/mol. The van der Waals surface area contributed by atoms with Crippen LogP contribution in [0.1, 0.15) is 13.3 Å². The van der Waals surface area contributed by atoms with Gasteiger partial charge in [-0.15, -0.1) is 12.6 Å². The van der Waals surface area contributed by atoms with Crippen LogP contribution in [0.25, 0.3) is 0 Å². The number of likely N-dealkylation sites (N-methyl/N-ethyl adjacent to an activating group) is 1. The quantitative estimate of drug-likeness (QED) is 0.503. The van der Waals surface area contributed by atoms with Crippen molar-refractivity contribution >= 4 is 12.6 Å². The maximum absolute atomic E-state index is 4.35. The van der Waals surface area contributed by atoms with E-state index in [1.807, 2.05) is 0 Å². The number of hydrogen-bond donors (Lipinski definition) is 1. The molecule has 0 saturated heterocycles. The third-order valence-electron chi connectivity index (χ3n) is 1.78. The number of nitrogens with zero attached hydrogens (tertiary/aromatic N) is 1. The number of rotatable bonds is 0. The smallest absolute Gasteiger partial charge is 0.0287 e. The van der Waals surface area contributed by atoms with Crippen molar-refractivity contribution in [3.8, 4) is 0 Å². The Morgan fingerprint density at radius 3 is 2.67 bits per heavy atom. The summed E-state index contributed by atoms with van der Waals surface area (Å²) in [6.07, 6.45) is 1.19. The summed E-state index contributed by atoms with van der Waals surface area (Å²) < 4.78 is 0. The average molecular weight is 143 g/mol. The Bertz CT molecular complexity index is 140. The molecule has 0 aliphatic carbocycles. The Balaban J connectivity index is 2.61. The molecule has 0 saturated carbocycles. The van der Waals surface area contributed by atoms with E-state index in [-0.39, 0.29) is 0 Å². The van der Waals surface area contributed by atoms with Crippen molar-refractivity contribution in [1.29, 1.82) is 0 Å². The van der Waals surface area contributed by atoms with Gasteiger partial charge in [-0.2, -0.15) is 0 Å². The second-order valence-electron chi connectivity index (χ2n) is 2.71. The third-order valence-corrected chi connectivity index (χ3v) is 2.30. The van der Waals surface area contributed by atoms with Crippen molar-refractivity contribution in [2.45, 2.75) is 13.3 Å². The molecule has 2 heteroatoms. The zero-order valence-electron chi connectivity index (χ0n) is 6.02. The van der Waals surface area contributed by atoms with Crippen LogP contribution in [0.2, 0.25) is 0 Å². The summed E-state index contributed by atoms with van der Waals surface area (Å²) in [5.74, 6) is 0. The van der Waals surface area contributed by atoms with E-state index < -0.39 is 0 Å². The summed E-state index contributed by atoms with van der Waals surface area (Å²) in [5, 5.41) is 0. The van der Waals surface area contributed by atoms with Gasteiger partial charge in [-0.05, 0) is 25.3 Å². The molecule has 1 aliphatic heterocycles. The summed E-state index contributed by atoms with van der Waals surface area (Å²) in [7, 11) is 2.13. The van der Waals surface area contributed by atoms with E-state index in [1.54, 1.807) is 0 Å². The van der Waals surface area contributed by atoms with E-state index in [2.05, 4.69) is 31.5 Å². The standard InChI is InChI=1S/C7H13NS/c1-6-3-4-8(2)5-7(6)9/h9H,3-5H2,1-2H3. The molecule has 52 valence electrons. The molecule has 0 radical (unpaired) electrons. The van der Waals surface area contributed by atoms with E-state index in [0.717, 1.165) is 6.54 Å². The molecule has 0 aromatic heterocycles. The van der Waals surface area contributed by atoms with Crippen molar-refractivity contribution in [3.05, 3.63) is 10.5 Å². The van der Waals surface area contributed by atoms with Gasteiger partial charge >= 0.3 is 0 Å². The van der Waals surface area contributed by atoms with Gasteiger partial charge in [0.05, 0.1) is 0 Å². The Labute approximate surface area is 62.1 Å². The summed E-state index contributed by atoms with van der Waals surface area (Å²) in [4.78, 5) is 3.54. The summed E-state index contributed by atoms with van der Waals surface area (Å²) in [6.45, 7) is 4.39. The summed E-state index contributed by atoms with van der Waals surface area (Å²) >= 11 is 4.35. The molecule has 9 heavy (non-hydrogen) atoms. The van der Waals surface area contributed by atoms with Crippen LogP contribution in [0, 0.1) is 0 Å². The third kappa shape index (κ3) is 1.73. The van der Waals surface area contributed by atoms with Crippen LogP contribution in [-0.4, -0.2) is 25.0 Å². The first-order chi connectivity index (χ1) is 4.20. The van der Waals surface area contributed by atoms with Gasteiger partial charge in [-0.3, -0.25) is 0 Å². The lowest BCUT2D eigenvalue weighted by Crippen LogP contribution is -2.25. The molecule has 0 bridgehead atoms. The highest BCUT2D eigenvalue weighted by Gasteiger charge is 2.08. The SMILES string of the molecule is CC1=C(S)CN(C)CC1. The van der Waals surface area contributed by atoms with Crippen LogP contribution in [0.5, 0.6) is 0 Å². The average Bonchev–Trinajstić information content (AvgIpc) is 1.80. The fourth-order valence-electron chi connectivity index (χ4n) is 0.973. The normalized spacial score (nSPS) is 23.0. The lowest BCUT2D eigenvalue weighted by Gasteiger charge is -2.23. The highest BCUT2D eigenvalue weighted by Crippen LogP contribution is 2.18. The second-order valence-corrected chi connectivity index (χ2v) is 3.25. The maximum Gasteiger partial charge on any atom is 0.0287 e. The van der Waals surface area contributed by atoms with E-state index in [9.17, 15) is 0 Å². The van der Waals surface area contributed by atoms with Gasteiger partial charge in [0.1, 0.15) is 0 Å².